The van der Waals surface area contributed by atoms with Crippen LogP contribution in [0.25, 0.3) is 10.4 Å². The van der Waals surface area contributed by atoms with E-state index in [1.165, 1.54) is 18.2 Å². The van der Waals surface area contributed by atoms with E-state index in [4.69, 9.17) is 0 Å². The summed E-state index contributed by atoms with van der Waals surface area (Å²) < 4.78 is 0. The molecule has 0 unspecified atom stereocenters. The first-order chi connectivity index (χ1) is 11.6. The number of benzene rings is 2. The minimum Gasteiger partial charge on any atom is -0.321 e. The second kappa shape index (κ2) is 6.64. The normalized spacial score (nSPS) is 10.4. The average Bonchev–Trinajstić information content (AvgIpc) is 3.09. The number of anilines is 1. The van der Waals surface area contributed by atoms with Gasteiger partial charge in [-0.25, -0.2) is 0 Å². The Morgan fingerprint density at radius 1 is 1.12 bits per heavy atom. The summed E-state index contributed by atoms with van der Waals surface area (Å²) >= 11 is 1.59. The number of aryl methyl sites for hydroxylation is 1. The highest BCUT2D eigenvalue weighted by Crippen LogP contribution is 2.31. The largest absolute Gasteiger partial charge is 0.321 e. The number of carbonyl (C=O) groups excluding carboxylic acids is 1. The Balaban J connectivity index is 1.89. The van der Waals surface area contributed by atoms with Crippen LogP contribution in [0.15, 0.2) is 60.0 Å². The topological polar surface area (TPSA) is 72.2 Å². The van der Waals surface area contributed by atoms with Gasteiger partial charge in [-0.1, -0.05) is 24.3 Å². The van der Waals surface area contributed by atoms with Crippen LogP contribution in [-0.4, -0.2) is 10.8 Å². The van der Waals surface area contributed by atoms with E-state index in [0.29, 0.717) is 16.8 Å². The van der Waals surface area contributed by atoms with Crippen molar-refractivity contribution in [1.29, 1.82) is 0 Å². The van der Waals surface area contributed by atoms with Crippen LogP contribution in [0.5, 0.6) is 0 Å². The summed E-state index contributed by atoms with van der Waals surface area (Å²) in [5.41, 5.74) is 2.50. The zero-order chi connectivity index (χ0) is 17.1. The zero-order valence-electron chi connectivity index (χ0n) is 12.9. The van der Waals surface area contributed by atoms with E-state index in [2.05, 4.69) is 5.32 Å². The molecule has 1 aromatic heterocycles. The molecule has 0 aliphatic heterocycles. The summed E-state index contributed by atoms with van der Waals surface area (Å²) in [6.07, 6.45) is 0. The maximum absolute atomic E-state index is 12.5. The van der Waals surface area contributed by atoms with Crippen molar-refractivity contribution in [2.75, 3.05) is 5.32 Å². The summed E-state index contributed by atoms with van der Waals surface area (Å²) in [6.45, 7) is 1.62. The molecule has 120 valence electrons. The van der Waals surface area contributed by atoms with E-state index in [1.807, 2.05) is 41.8 Å². The lowest BCUT2D eigenvalue weighted by molar-refractivity contribution is -0.385. The Morgan fingerprint density at radius 2 is 1.92 bits per heavy atom. The van der Waals surface area contributed by atoms with Gasteiger partial charge in [0.15, 0.2) is 0 Å². The molecule has 1 N–H and O–H groups in total. The quantitative estimate of drug-likeness (QED) is 0.544. The van der Waals surface area contributed by atoms with Crippen molar-refractivity contribution in [3.8, 4) is 10.4 Å². The number of nitro benzene ring substituents is 1. The number of nitrogens with zero attached hydrogens (tertiary/aromatic N) is 1. The minimum absolute atomic E-state index is 0.00513. The molecule has 0 aliphatic carbocycles. The Hall–Kier alpha value is -2.99. The number of amides is 1. The molecular formula is C18H14N2O3S. The van der Waals surface area contributed by atoms with Crippen molar-refractivity contribution in [3.05, 3.63) is 81.2 Å². The summed E-state index contributed by atoms with van der Waals surface area (Å²) in [5.74, 6) is -0.294. The highest BCUT2D eigenvalue weighted by molar-refractivity contribution is 7.13. The van der Waals surface area contributed by atoms with Gasteiger partial charge in [-0.15, -0.1) is 11.3 Å². The molecule has 0 saturated carbocycles. The molecule has 0 bridgehead atoms. The Kier molecular flexibility index (Phi) is 4.39. The second-order valence-electron chi connectivity index (χ2n) is 5.24. The number of thiophene rings is 1. The third kappa shape index (κ3) is 3.18. The van der Waals surface area contributed by atoms with E-state index < -0.39 is 4.92 Å². The summed E-state index contributed by atoms with van der Waals surface area (Å²) in [7, 11) is 0. The van der Waals surface area contributed by atoms with Crippen LogP contribution in [0, 0.1) is 17.0 Å². The lowest BCUT2D eigenvalue weighted by Crippen LogP contribution is -2.13. The van der Waals surface area contributed by atoms with Gasteiger partial charge in [0.25, 0.3) is 11.6 Å². The van der Waals surface area contributed by atoms with Crippen molar-refractivity contribution in [1.82, 2.24) is 0 Å². The van der Waals surface area contributed by atoms with Gasteiger partial charge in [-0.05, 0) is 36.6 Å². The smallest absolute Gasteiger partial charge is 0.272 e. The Labute approximate surface area is 142 Å². The van der Waals surface area contributed by atoms with Crippen molar-refractivity contribution < 1.29 is 9.72 Å². The number of hydrogen-bond donors (Lipinski definition) is 1. The molecule has 24 heavy (non-hydrogen) atoms. The number of rotatable bonds is 4. The van der Waals surface area contributed by atoms with Crippen LogP contribution in [0.3, 0.4) is 0 Å². The van der Waals surface area contributed by atoms with Crippen molar-refractivity contribution in [2.45, 2.75) is 6.92 Å². The SMILES string of the molecule is Cc1cc(C(=O)Nc2ccccc2-c2cccs2)ccc1[N+](=O)[O-]. The molecule has 3 aromatic rings. The summed E-state index contributed by atoms with van der Waals surface area (Å²) in [4.78, 5) is 24.0. The van der Waals surface area contributed by atoms with E-state index in [9.17, 15) is 14.9 Å². The molecule has 0 saturated heterocycles. The second-order valence-corrected chi connectivity index (χ2v) is 6.18. The molecule has 0 radical (unpaired) electrons. The number of carbonyl (C=O) groups is 1. The van der Waals surface area contributed by atoms with Gasteiger partial charge >= 0.3 is 0 Å². The monoisotopic (exact) mass is 338 g/mol. The molecule has 0 spiro atoms. The lowest BCUT2D eigenvalue weighted by atomic mass is 10.1. The third-order valence-electron chi connectivity index (χ3n) is 3.62. The van der Waals surface area contributed by atoms with Gasteiger partial charge in [-0.3, -0.25) is 14.9 Å². The van der Waals surface area contributed by atoms with E-state index in [0.717, 1.165) is 10.4 Å². The Morgan fingerprint density at radius 3 is 2.58 bits per heavy atom. The Bertz CT molecular complexity index is 904. The van der Waals surface area contributed by atoms with E-state index in [-0.39, 0.29) is 11.6 Å². The summed E-state index contributed by atoms with van der Waals surface area (Å²) in [6, 6.07) is 15.9. The number of para-hydroxylation sites is 1. The van der Waals surface area contributed by atoms with Gasteiger partial charge in [-0.2, -0.15) is 0 Å². The average molecular weight is 338 g/mol. The summed E-state index contributed by atoms with van der Waals surface area (Å²) in [5, 5.41) is 15.7. The fraction of sp³-hybridized carbons (Fsp3) is 0.0556. The molecule has 0 atom stereocenters. The van der Waals surface area contributed by atoms with Crippen molar-refractivity contribution >= 4 is 28.6 Å². The lowest BCUT2D eigenvalue weighted by Gasteiger charge is -2.10. The van der Waals surface area contributed by atoms with Gasteiger partial charge in [0, 0.05) is 33.3 Å². The standard InChI is InChI=1S/C18H14N2O3S/c1-12-11-13(8-9-16(12)20(22)23)18(21)19-15-6-3-2-5-14(15)17-7-4-10-24-17/h2-11H,1H3,(H,19,21). The number of nitrogens with one attached hydrogen (secondary N) is 1. The zero-order valence-corrected chi connectivity index (χ0v) is 13.7. The maximum atomic E-state index is 12.5. The fourth-order valence-electron chi connectivity index (χ4n) is 2.43. The van der Waals surface area contributed by atoms with Gasteiger partial charge in [0.1, 0.15) is 0 Å². The molecule has 5 nitrogen and oxygen atoms in total. The van der Waals surface area contributed by atoms with Crippen LogP contribution in [0.2, 0.25) is 0 Å². The van der Waals surface area contributed by atoms with Crippen LogP contribution in [0.1, 0.15) is 15.9 Å². The van der Waals surface area contributed by atoms with Crippen LogP contribution in [0.4, 0.5) is 11.4 Å². The molecule has 0 aliphatic rings. The maximum Gasteiger partial charge on any atom is 0.272 e. The molecule has 2 aromatic carbocycles. The van der Waals surface area contributed by atoms with E-state index in [1.54, 1.807) is 18.3 Å². The first-order valence-electron chi connectivity index (χ1n) is 7.25. The highest BCUT2D eigenvalue weighted by Gasteiger charge is 2.15. The molecule has 0 fully saturated rings. The predicted molar refractivity (Wildman–Crippen MR) is 95.5 cm³/mol. The molecule has 1 heterocycles. The van der Waals surface area contributed by atoms with Crippen LogP contribution in [-0.2, 0) is 0 Å². The van der Waals surface area contributed by atoms with Gasteiger partial charge in [0.05, 0.1) is 4.92 Å². The fourth-order valence-corrected chi connectivity index (χ4v) is 3.20. The first kappa shape index (κ1) is 15.9. The highest BCUT2D eigenvalue weighted by atomic mass is 32.1. The number of hydrogen-bond acceptors (Lipinski definition) is 4. The van der Waals surface area contributed by atoms with E-state index >= 15 is 0 Å². The van der Waals surface area contributed by atoms with Gasteiger partial charge in [0.2, 0.25) is 0 Å². The molecule has 3 rings (SSSR count). The minimum atomic E-state index is -0.455. The van der Waals surface area contributed by atoms with Crippen LogP contribution < -0.4 is 5.32 Å². The third-order valence-corrected chi connectivity index (χ3v) is 4.52. The number of nitro groups is 1. The molecule has 6 heteroatoms. The first-order valence-corrected chi connectivity index (χ1v) is 8.13. The van der Waals surface area contributed by atoms with Crippen molar-refractivity contribution in [3.63, 3.8) is 0 Å². The van der Waals surface area contributed by atoms with Crippen molar-refractivity contribution in [2.24, 2.45) is 0 Å². The van der Waals surface area contributed by atoms with Crippen LogP contribution >= 0.6 is 11.3 Å². The predicted octanol–water partition coefficient (Wildman–Crippen LogP) is 4.88. The molecule has 1 amide bonds. The molecular weight excluding hydrogens is 324 g/mol. The van der Waals surface area contributed by atoms with Gasteiger partial charge < -0.3 is 5.32 Å².